The van der Waals surface area contributed by atoms with E-state index in [0.29, 0.717) is 19.3 Å². The van der Waals surface area contributed by atoms with E-state index in [1.807, 2.05) is 0 Å². The summed E-state index contributed by atoms with van der Waals surface area (Å²) >= 11 is 0. The van der Waals surface area contributed by atoms with E-state index in [-0.39, 0.29) is 31.1 Å². The van der Waals surface area contributed by atoms with E-state index in [1.165, 1.54) is 161 Å². The molecule has 0 N–H and O–H groups in total. The first kappa shape index (κ1) is 52.4. The first-order valence-corrected chi connectivity index (χ1v) is 23.9. The lowest BCUT2D eigenvalue weighted by Gasteiger charge is -2.18. The van der Waals surface area contributed by atoms with Gasteiger partial charge in [0.15, 0.2) is 6.10 Å². The van der Waals surface area contributed by atoms with E-state index >= 15 is 0 Å². The molecule has 6 nitrogen and oxygen atoms in total. The van der Waals surface area contributed by atoms with Gasteiger partial charge in [-0.1, -0.05) is 227 Å². The highest BCUT2D eigenvalue weighted by molar-refractivity contribution is 5.71. The number of carbonyl (C=O) groups is 3. The largest absolute Gasteiger partial charge is 0.462 e. The van der Waals surface area contributed by atoms with Gasteiger partial charge in [-0.05, 0) is 25.2 Å². The molecule has 0 aromatic rings. The van der Waals surface area contributed by atoms with Gasteiger partial charge < -0.3 is 14.2 Å². The Morgan fingerprint density at radius 3 is 0.963 bits per heavy atom. The second-order valence-electron chi connectivity index (χ2n) is 16.6. The maximum Gasteiger partial charge on any atom is 0.306 e. The van der Waals surface area contributed by atoms with E-state index < -0.39 is 6.10 Å². The molecule has 0 bridgehead atoms. The minimum atomic E-state index is -0.759. The molecule has 6 heteroatoms. The number of esters is 3. The summed E-state index contributed by atoms with van der Waals surface area (Å²) in [4.78, 5) is 37.7. The SMILES string of the molecule is CCCCCCCCCCCCCCC(=O)OC[C@@H](COC(=O)CCCCCCCCCCCC)OC(=O)CCCCCCCCCCCCC(C)CC. The van der Waals surface area contributed by atoms with Crippen LogP contribution in [0, 0.1) is 5.92 Å². The van der Waals surface area contributed by atoms with Gasteiger partial charge in [-0.3, -0.25) is 14.4 Å². The summed E-state index contributed by atoms with van der Waals surface area (Å²) < 4.78 is 16.7. The lowest BCUT2D eigenvalue weighted by atomic mass is 9.99. The molecular weight excluding hydrogens is 673 g/mol. The average molecular weight is 765 g/mol. The molecule has 0 radical (unpaired) electrons. The molecule has 0 heterocycles. The van der Waals surface area contributed by atoms with Crippen LogP contribution in [-0.2, 0) is 28.6 Å². The van der Waals surface area contributed by atoms with Gasteiger partial charge in [0.05, 0.1) is 0 Å². The van der Waals surface area contributed by atoms with Crippen molar-refractivity contribution in [3.8, 4) is 0 Å². The molecule has 0 saturated carbocycles. The zero-order chi connectivity index (χ0) is 39.6. The number of rotatable bonds is 43. The minimum absolute atomic E-state index is 0.0635. The molecule has 320 valence electrons. The second-order valence-corrected chi connectivity index (χ2v) is 16.6. The van der Waals surface area contributed by atoms with E-state index in [9.17, 15) is 14.4 Å². The summed E-state index contributed by atoms with van der Waals surface area (Å²) in [5, 5.41) is 0. The fraction of sp³-hybridized carbons (Fsp3) is 0.938. The Hall–Kier alpha value is -1.59. The van der Waals surface area contributed by atoms with E-state index in [1.54, 1.807) is 0 Å². The van der Waals surface area contributed by atoms with Crippen molar-refractivity contribution in [2.75, 3.05) is 13.2 Å². The predicted molar refractivity (Wildman–Crippen MR) is 229 cm³/mol. The molecule has 0 saturated heterocycles. The quantitative estimate of drug-likeness (QED) is 0.0349. The average Bonchev–Trinajstić information content (AvgIpc) is 3.17. The molecule has 0 fully saturated rings. The van der Waals surface area contributed by atoms with Crippen molar-refractivity contribution in [1.82, 2.24) is 0 Å². The molecule has 1 unspecified atom stereocenters. The summed E-state index contributed by atoms with van der Waals surface area (Å²) in [6, 6.07) is 0. The number of hydrogen-bond donors (Lipinski definition) is 0. The first-order chi connectivity index (χ1) is 26.4. The number of carbonyl (C=O) groups excluding carboxylic acids is 3. The van der Waals surface area contributed by atoms with Crippen molar-refractivity contribution >= 4 is 17.9 Å². The Morgan fingerprint density at radius 2 is 0.648 bits per heavy atom. The van der Waals surface area contributed by atoms with Crippen LogP contribution in [0.15, 0.2) is 0 Å². The van der Waals surface area contributed by atoms with Crippen molar-refractivity contribution in [1.29, 1.82) is 0 Å². The smallest absolute Gasteiger partial charge is 0.306 e. The lowest BCUT2D eigenvalue weighted by Crippen LogP contribution is -2.30. The summed E-state index contributed by atoms with van der Waals surface area (Å²) in [6.45, 7) is 9.02. The van der Waals surface area contributed by atoms with Crippen molar-refractivity contribution in [2.24, 2.45) is 5.92 Å². The van der Waals surface area contributed by atoms with Gasteiger partial charge in [0.2, 0.25) is 0 Å². The fourth-order valence-electron chi connectivity index (χ4n) is 7.12. The molecule has 0 spiro atoms. The van der Waals surface area contributed by atoms with Gasteiger partial charge in [0, 0.05) is 19.3 Å². The summed E-state index contributed by atoms with van der Waals surface area (Å²) in [5.41, 5.74) is 0. The van der Waals surface area contributed by atoms with Crippen LogP contribution in [0.2, 0.25) is 0 Å². The van der Waals surface area contributed by atoms with Crippen molar-refractivity contribution in [2.45, 2.75) is 271 Å². The molecule has 0 aliphatic heterocycles. The van der Waals surface area contributed by atoms with Gasteiger partial charge in [0.1, 0.15) is 13.2 Å². The van der Waals surface area contributed by atoms with Crippen LogP contribution in [-0.4, -0.2) is 37.2 Å². The maximum atomic E-state index is 12.7. The van der Waals surface area contributed by atoms with Crippen LogP contribution in [0.1, 0.15) is 265 Å². The summed E-state index contributed by atoms with van der Waals surface area (Å²) in [5.74, 6) is 0.0154. The molecule has 0 aromatic carbocycles. The Morgan fingerprint density at radius 1 is 0.370 bits per heavy atom. The van der Waals surface area contributed by atoms with E-state index in [2.05, 4.69) is 27.7 Å². The Labute approximate surface area is 336 Å². The third-order valence-corrected chi connectivity index (χ3v) is 11.2. The zero-order valence-corrected chi connectivity index (χ0v) is 36.7. The van der Waals surface area contributed by atoms with Crippen LogP contribution in [0.3, 0.4) is 0 Å². The third kappa shape index (κ3) is 40.1. The molecule has 0 amide bonds. The van der Waals surface area contributed by atoms with Gasteiger partial charge in [-0.2, -0.15) is 0 Å². The van der Waals surface area contributed by atoms with Crippen molar-refractivity contribution in [3.63, 3.8) is 0 Å². The predicted octanol–water partition coefficient (Wildman–Crippen LogP) is 15.1. The maximum absolute atomic E-state index is 12.7. The standard InChI is InChI=1S/C48H92O6/c1-5-8-10-12-14-16-18-19-24-28-32-36-40-47(50)53-43-45(42-52-46(49)39-35-31-27-23-17-15-13-11-9-6-2)54-48(51)41-37-33-29-25-21-20-22-26-30-34-38-44(4)7-3/h44-45H,5-43H2,1-4H3/t44?,45-/m1/s1. The third-order valence-electron chi connectivity index (χ3n) is 11.2. The number of ether oxygens (including phenoxy) is 3. The molecular formula is C48H92O6. The number of hydrogen-bond acceptors (Lipinski definition) is 6. The normalized spacial score (nSPS) is 12.4. The van der Waals surface area contributed by atoms with Crippen molar-refractivity contribution < 1.29 is 28.6 Å². The molecule has 0 aliphatic carbocycles. The first-order valence-electron chi connectivity index (χ1n) is 23.9. The lowest BCUT2D eigenvalue weighted by molar-refractivity contribution is -0.167. The highest BCUT2D eigenvalue weighted by Gasteiger charge is 2.19. The fourth-order valence-corrected chi connectivity index (χ4v) is 7.12. The minimum Gasteiger partial charge on any atom is -0.462 e. The van der Waals surface area contributed by atoms with Crippen LogP contribution >= 0.6 is 0 Å². The van der Waals surface area contributed by atoms with Crippen LogP contribution < -0.4 is 0 Å². The van der Waals surface area contributed by atoms with Gasteiger partial charge in [0.25, 0.3) is 0 Å². The zero-order valence-electron chi connectivity index (χ0n) is 36.7. The highest BCUT2D eigenvalue weighted by atomic mass is 16.6. The van der Waals surface area contributed by atoms with Gasteiger partial charge >= 0.3 is 17.9 Å². The van der Waals surface area contributed by atoms with Crippen LogP contribution in [0.5, 0.6) is 0 Å². The Balaban J connectivity index is 4.33. The topological polar surface area (TPSA) is 78.9 Å². The van der Waals surface area contributed by atoms with Crippen LogP contribution in [0.25, 0.3) is 0 Å². The highest BCUT2D eigenvalue weighted by Crippen LogP contribution is 2.17. The van der Waals surface area contributed by atoms with E-state index in [0.717, 1.165) is 63.7 Å². The summed E-state index contributed by atoms with van der Waals surface area (Å²) in [7, 11) is 0. The number of unbranched alkanes of at least 4 members (excludes halogenated alkanes) is 29. The van der Waals surface area contributed by atoms with Crippen LogP contribution in [0.4, 0.5) is 0 Å². The second kappa shape index (κ2) is 42.6. The van der Waals surface area contributed by atoms with E-state index in [4.69, 9.17) is 14.2 Å². The summed E-state index contributed by atoms with van der Waals surface area (Å²) in [6.07, 6.45) is 42.2. The van der Waals surface area contributed by atoms with Gasteiger partial charge in [-0.15, -0.1) is 0 Å². The molecule has 0 aliphatic rings. The Kier molecular flexibility index (Phi) is 41.3. The molecule has 0 aromatic heterocycles. The molecule has 2 atom stereocenters. The van der Waals surface area contributed by atoms with Crippen molar-refractivity contribution in [3.05, 3.63) is 0 Å². The monoisotopic (exact) mass is 765 g/mol. The van der Waals surface area contributed by atoms with Gasteiger partial charge in [-0.25, -0.2) is 0 Å². The Bertz CT molecular complexity index is 813. The molecule has 0 rings (SSSR count). The molecule has 54 heavy (non-hydrogen) atoms.